The van der Waals surface area contributed by atoms with Crippen LogP contribution in [-0.2, 0) is 0 Å². The highest BCUT2D eigenvalue weighted by Gasteiger charge is 2.35. The van der Waals surface area contributed by atoms with E-state index in [1.807, 2.05) is 68.4 Å². The molecular weight excluding hydrogens is 487 g/mol. The molecule has 0 aliphatic rings. The number of rotatable bonds is 5. The molecule has 0 aliphatic carbocycles. The average molecular weight is 513 g/mol. The van der Waals surface area contributed by atoms with Crippen LogP contribution in [0.4, 0.5) is 0 Å². The molecule has 4 aromatic carbocycles. The highest BCUT2D eigenvalue weighted by Crippen LogP contribution is 2.26. The molecule has 0 saturated carbocycles. The maximum absolute atomic E-state index is 10.4. The molecule has 0 saturated heterocycles. The largest absolute Gasteiger partial charge is 0.636 e. The Morgan fingerprint density at radius 1 is 0.579 bits per heavy atom. The van der Waals surface area contributed by atoms with E-state index < -0.39 is 14.5 Å². The minimum atomic E-state index is -2.38. The van der Waals surface area contributed by atoms with Crippen molar-refractivity contribution in [1.82, 2.24) is 9.97 Å². The molecule has 5 nitrogen and oxygen atoms in total. The van der Waals surface area contributed by atoms with Crippen LogP contribution in [0.25, 0.3) is 32.9 Å². The molecule has 0 spiro atoms. The second-order valence-electron chi connectivity index (χ2n) is 9.41. The maximum atomic E-state index is 10.4. The van der Waals surface area contributed by atoms with Gasteiger partial charge in [0.15, 0.2) is 0 Å². The number of phenolic OH excluding ortho intramolecular Hbond substituents is 2. The minimum Gasteiger partial charge on any atom is -0.636 e. The predicted molar refractivity (Wildman–Crippen MR) is 154 cm³/mol. The number of phenols is 2. The van der Waals surface area contributed by atoms with Gasteiger partial charge in [0.1, 0.15) is 22.5 Å². The zero-order valence-corrected chi connectivity index (χ0v) is 22.2. The number of fused-ring (bicyclic) bond motifs is 2. The Bertz CT molecular complexity index is 1700. The van der Waals surface area contributed by atoms with E-state index in [-0.39, 0.29) is 11.5 Å². The van der Waals surface area contributed by atoms with Gasteiger partial charge >= 0.3 is 14.5 Å². The molecular formula is C32H25AlN2O3. The van der Waals surface area contributed by atoms with Crippen molar-refractivity contribution in [2.75, 3.05) is 0 Å². The van der Waals surface area contributed by atoms with E-state index in [1.54, 1.807) is 12.1 Å². The average Bonchev–Trinajstić information content (AvgIpc) is 2.93. The lowest BCUT2D eigenvalue weighted by Crippen LogP contribution is -2.50. The van der Waals surface area contributed by atoms with Crippen molar-refractivity contribution >= 4 is 45.1 Å². The standard InChI is InChI=1S/C12H10O.2C10H8NO.Al/c13-12-8-6-11(7-9-12)10-4-2-1-3-5-10;2*1-7-5-6-8-3-2-4-9(12)10(8)11-7;/h1-9,13H;2*2-4,6,12H,1H3;/q;;;+1/p-1. The molecule has 2 heterocycles. The summed E-state index contributed by atoms with van der Waals surface area (Å²) in [5, 5.41) is 22.5. The topological polar surface area (TPSA) is 75.5 Å². The third-order valence-corrected chi connectivity index (χ3v) is 9.70. The molecule has 6 rings (SSSR count). The zero-order chi connectivity index (χ0) is 26.2. The highest BCUT2D eigenvalue weighted by atomic mass is 27.2. The van der Waals surface area contributed by atoms with Crippen LogP contribution in [0.2, 0.25) is 0 Å². The second-order valence-corrected chi connectivity index (χ2v) is 11.7. The number of aromatic hydroxyl groups is 2. The Kier molecular flexibility index (Phi) is 6.21. The number of hydrogen-bond donors (Lipinski definition) is 2. The molecule has 2 aromatic heterocycles. The highest BCUT2D eigenvalue weighted by molar-refractivity contribution is 6.81. The van der Waals surface area contributed by atoms with Crippen molar-refractivity contribution in [1.29, 1.82) is 0 Å². The van der Waals surface area contributed by atoms with E-state index in [4.69, 9.17) is 13.8 Å². The van der Waals surface area contributed by atoms with Gasteiger partial charge < -0.3 is 14.0 Å². The molecule has 0 amide bonds. The second kappa shape index (κ2) is 9.83. The lowest BCUT2D eigenvalue weighted by atomic mass is 10.1. The van der Waals surface area contributed by atoms with Crippen molar-refractivity contribution in [2.24, 2.45) is 0 Å². The molecule has 0 radical (unpaired) electrons. The predicted octanol–water partition coefficient (Wildman–Crippen LogP) is 5.66. The van der Waals surface area contributed by atoms with Crippen LogP contribution in [0.5, 0.6) is 17.2 Å². The molecule has 0 atom stereocenters. The van der Waals surface area contributed by atoms with Crippen LogP contribution in [0.1, 0.15) is 11.4 Å². The van der Waals surface area contributed by atoms with Crippen molar-refractivity contribution in [3.05, 3.63) is 115 Å². The van der Waals surface area contributed by atoms with Gasteiger partial charge in [0.05, 0.1) is 5.75 Å². The van der Waals surface area contributed by atoms with Crippen molar-refractivity contribution < 1.29 is 14.0 Å². The normalized spacial score (nSPS) is 11.1. The van der Waals surface area contributed by atoms with Gasteiger partial charge in [-0.1, -0.05) is 78.9 Å². The van der Waals surface area contributed by atoms with Gasteiger partial charge in [-0.3, -0.25) is 9.97 Å². The number of hydrogen-bond acceptors (Lipinski definition) is 5. The smallest absolute Gasteiger partial charge is 0.634 e. The van der Waals surface area contributed by atoms with Crippen LogP contribution in [-0.4, -0.2) is 34.7 Å². The van der Waals surface area contributed by atoms with Crippen molar-refractivity contribution in [2.45, 2.75) is 13.8 Å². The fourth-order valence-electron chi connectivity index (χ4n) is 4.90. The van der Waals surface area contributed by atoms with Gasteiger partial charge in [-0.15, -0.1) is 0 Å². The Labute approximate surface area is 225 Å². The van der Waals surface area contributed by atoms with E-state index in [0.717, 1.165) is 47.9 Å². The van der Waals surface area contributed by atoms with E-state index in [0.29, 0.717) is 11.0 Å². The zero-order valence-electron chi connectivity index (χ0n) is 21.1. The molecule has 0 fully saturated rings. The summed E-state index contributed by atoms with van der Waals surface area (Å²) in [4.78, 5) is 9.53. The summed E-state index contributed by atoms with van der Waals surface area (Å²) in [6, 6.07) is 33.4. The molecule has 38 heavy (non-hydrogen) atoms. The Morgan fingerprint density at radius 2 is 1.08 bits per heavy atom. The number of para-hydroxylation sites is 2. The first-order chi connectivity index (χ1) is 18.5. The number of pyridine rings is 2. The summed E-state index contributed by atoms with van der Waals surface area (Å²) in [6.07, 6.45) is 0. The summed E-state index contributed by atoms with van der Waals surface area (Å²) in [7, 11) is 0. The number of nitrogens with zero attached hydrogens (tertiary/aromatic N) is 2. The SMILES string of the molecule is Cc1nc2c(O)cccc2c[c]1[Al]([O]c1ccc(-c2ccccc2)cc1)[c]1cc2cccc(O)c2nc1C. The van der Waals surface area contributed by atoms with Crippen LogP contribution < -0.4 is 12.6 Å². The lowest BCUT2D eigenvalue weighted by molar-refractivity contribution is 0.480. The molecule has 184 valence electrons. The van der Waals surface area contributed by atoms with Crippen LogP contribution in [0.15, 0.2) is 103 Å². The van der Waals surface area contributed by atoms with Gasteiger partial charge in [0.2, 0.25) is 0 Å². The summed E-state index contributed by atoms with van der Waals surface area (Å²) < 4.78 is 8.86. The minimum absolute atomic E-state index is 0.159. The first-order valence-electron chi connectivity index (χ1n) is 12.5. The third kappa shape index (κ3) is 4.45. The molecule has 6 aromatic rings. The lowest BCUT2D eigenvalue weighted by Gasteiger charge is -2.20. The third-order valence-electron chi connectivity index (χ3n) is 6.89. The number of aromatic nitrogens is 2. The van der Waals surface area contributed by atoms with Crippen LogP contribution >= 0.6 is 0 Å². The van der Waals surface area contributed by atoms with Crippen molar-refractivity contribution in [3.8, 4) is 28.4 Å². The first kappa shape index (κ1) is 24.0. The Balaban J connectivity index is 1.49. The van der Waals surface area contributed by atoms with Gasteiger partial charge in [-0.2, -0.15) is 0 Å². The maximum Gasteiger partial charge on any atom is 0.634 e. The Hall–Kier alpha value is -4.37. The van der Waals surface area contributed by atoms with Crippen LogP contribution in [0.3, 0.4) is 0 Å². The van der Waals surface area contributed by atoms with E-state index in [9.17, 15) is 10.2 Å². The van der Waals surface area contributed by atoms with Crippen molar-refractivity contribution in [3.63, 3.8) is 0 Å². The molecule has 6 heteroatoms. The fraction of sp³-hybridized carbons (Fsp3) is 0.0625. The molecule has 0 bridgehead atoms. The number of aryl methyl sites for hydroxylation is 2. The van der Waals surface area contributed by atoms with Gasteiger partial charge in [0, 0.05) is 22.2 Å². The monoisotopic (exact) mass is 512 g/mol. The summed E-state index contributed by atoms with van der Waals surface area (Å²) in [5.41, 5.74) is 5.05. The summed E-state index contributed by atoms with van der Waals surface area (Å²) >= 11 is -2.38. The van der Waals surface area contributed by atoms with E-state index in [2.05, 4.69) is 36.4 Å². The van der Waals surface area contributed by atoms with Gasteiger partial charge in [-0.25, -0.2) is 0 Å². The summed E-state index contributed by atoms with van der Waals surface area (Å²) in [6.45, 7) is 3.91. The van der Waals surface area contributed by atoms with Gasteiger partial charge in [0.25, 0.3) is 0 Å². The fourth-order valence-corrected chi connectivity index (χ4v) is 7.47. The van der Waals surface area contributed by atoms with E-state index >= 15 is 0 Å². The number of benzene rings is 4. The summed E-state index contributed by atoms with van der Waals surface area (Å²) in [5.74, 6) is 1.09. The van der Waals surface area contributed by atoms with Crippen LogP contribution in [0, 0.1) is 13.8 Å². The Morgan fingerprint density at radius 3 is 1.61 bits per heavy atom. The van der Waals surface area contributed by atoms with E-state index in [1.165, 1.54) is 0 Å². The first-order valence-corrected chi connectivity index (χ1v) is 14.1. The van der Waals surface area contributed by atoms with Gasteiger partial charge in [-0.05, 0) is 58.1 Å². The molecule has 0 unspecified atom stereocenters. The molecule has 2 N–H and O–H groups in total. The molecule has 0 aliphatic heterocycles. The quantitative estimate of drug-likeness (QED) is 0.292.